The Morgan fingerprint density at radius 1 is 0.540 bits per heavy atom. The van der Waals surface area contributed by atoms with E-state index < -0.39 is 0 Å². The lowest BCUT2D eigenvalue weighted by Crippen LogP contribution is -2.32. The average Bonchev–Trinajstić information content (AvgIpc) is 3.29. The summed E-state index contributed by atoms with van der Waals surface area (Å²) in [7, 11) is 6.63. The summed E-state index contributed by atoms with van der Waals surface area (Å²) in [4.78, 5) is 21.1. The fourth-order valence-electron chi connectivity index (χ4n) is 7.30. The zero-order chi connectivity index (χ0) is 44.7. The smallest absolute Gasteiger partial charge is 0.188 e. The number of hydrogen-bond donors (Lipinski definition) is 1. The van der Waals surface area contributed by atoms with Crippen molar-refractivity contribution < 1.29 is 47.4 Å². The van der Waals surface area contributed by atoms with Crippen molar-refractivity contribution in [1.29, 1.82) is 0 Å². The zero-order valence-electron chi connectivity index (χ0n) is 37.9. The van der Waals surface area contributed by atoms with Crippen LogP contribution in [0.1, 0.15) is 23.6 Å². The Morgan fingerprint density at radius 3 is 1.48 bits per heavy atom. The van der Waals surface area contributed by atoms with Crippen molar-refractivity contribution in [3.8, 4) is 11.5 Å². The molecule has 0 fully saturated rings. The largest absolute Gasteiger partial charge is 0.456 e. The van der Waals surface area contributed by atoms with E-state index in [-0.39, 0.29) is 5.78 Å². The number of anilines is 3. The molecule has 1 heterocycles. The topological polar surface area (TPSA) is 136 Å². The Bertz CT molecular complexity index is 1910. The van der Waals surface area contributed by atoms with Gasteiger partial charge in [-0.15, -0.1) is 0 Å². The molecular formula is C49H68N4O10. The van der Waals surface area contributed by atoms with E-state index in [1.807, 2.05) is 24.3 Å². The molecule has 14 heteroatoms. The van der Waals surface area contributed by atoms with Gasteiger partial charge in [-0.3, -0.25) is 4.79 Å². The summed E-state index contributed by atoms with van der Waals surface area (Å²) >= 11 is 0. The van der Waals surface area contributed by atoms with Gasteiger partial charge in [0.1, 0.15) is 11.5 Å². The molecular weight excluding hydrogens is 805 g/mol. The molecule has 0 saturated carbocycles. The van der Waals surface area contributed by atoms with Gasteiger partial charge in [-0.2, -0.15) is 0 Å². The van der Waals surface area contributed by atoms with Crippen molar-refractivity contribution in [3.63, 3.8) is 0 Å². The molecule has 0 unspecified atom stereocenters. The van der Waals surface area contributed by atoms with Crippen LogP contribution in [0, 0.1) is 0 Å². The molecule has 0 saturated heterocycles. The van der Waals surface area contributed by atoms with Crippen LogP contribution in [-0.2, 0) is 49.1 Å². The first-order chi connectivity index (χ1) is 30.9. The number of nitrogen functional groups attached to an aromatic ring is 1. The van der Waals surface area contributed by atoms with Crippen molar-refractivity contribution in [1.82, 2.24) is 4.90 Å². The second-order valence-electron chi connectivity index (χ2n) is 15.0. The van der Waals surface area contributed by atoms with Gasteiger partial charge >= 0.3 is 0 Å². The molecule has 1 aliphatic heterocycles. The zero-order valence-corrected chi connectivity index (χ0v) is 37.9. The highest BCUT2D eigenvalue weighted by Gasteiger charge is 2.29. The van der Waals surface area contributed by atoms with E-state index in [9.17, 15) is 4.79 Å². The number of likely N-dealkylation sites (N-methyl/N-ethyl adjacent to an activating group) is 1. The monoisotopic (exact) mass is 872 g/mol. The summed E-state index contributed by atoms with van der Waals surface area (Å²) < 4.78 is 50.9. The molecule has 0 amide bonds. The Kier molecular flexibility index (Phi) is 21.4. The van der Waals surface area contributed by atoms with Gasteiger partial charge in [-0.05, 0) is 67.5 Å². The molecule has 0 radical (unpaired) electrons. The Hall–Kier alpha value is -4.77. The molecule has 63 heavy (non-hydrogen) atoms. The van der Waals surface area contributed by atoms with Gasteiger partial charge in [0.25, 0.3) is 0 Å². The third-order valence-corrected chi connectivity index (χ3v) is 10.8. The molecule has 1 aliphatic carbocycles. The number of nitrogens with zero attached hydrogens (tertiary/aromatic N) is 3. The number of hydrogen-bond acceptors (Lipinski definition) is 14. The van der Waals surface area contributed by atoms with Crippen molar-refractivity contribution >= 4 is 28.4 Å². The van der Waals surface area contributed by atoms with Crippen molar-refractivity contribution in [3.05, 3.63) is 107 Å². The van der Waals surface area contributed by atoms with Crippen LogP contribution in [0.4, 0.5) is 17.1 Å². The second-order valence-corrected chi connectivity index (χ2v) is 15.0. The fraction of sp³-hybridized carbons (Fsp3) is 0.490. The van der Waals surface area contributed by atoms with Crippen LogP contribution in [-0.4, -0.2) is 158 Å². The molecule has 0 spiro atoms. The number of ketones is 1. The first-order valence-electron chi connectivity index (χ1n) is 21.9. The minimum Gasteiger partial charge on any atom is -0.456 e. The Morgan fingerprint density at radius 2 is 1.02 bits per heavy atom. The summed E-state index contributed by atoms with van der Waals surface area (Å²) in [5.74, 6) is 1.25. The number of ether oxygens (including phenoxy) is 9. The van der Waals surface area contributed by atoms with Crippen molar-refractivity contribution in [2.24, 2.45) is 0 Å². The quantitative estimate of drug-likeness (QED) is 0.0358. The molecule has 2 aliphatic rings. The molecule has 3 aromatic rings. The van der Waals surface area contributed by atoms with Gasteiger partial charge in [-0.25, -0.2) is 0 Å². The van der Waals surface area contributed by atoms with Gasteiger partial charge in [0.05, 0.1) is 79.3 Å². The van der Waals surface area contributed by atoms with Gasteiger partial charge in [-0.1, -0.05) is 12.1 Å². The highest BCUT2D eigenvalue weighted by atomic mass is 16.5. The van der Waals surface area contributed by atoms with E-state index in [0.717, 1.165) is 59.0 Å². The standard InChI is InChI=1S/C49H68N4O10/c1-6-51(18-17-38-7-9-39(50)10-8-38)41-12-15-44-47(36-41)63-48-37-42(53(21-25-61-33-29-57-4)22-26-62-34-30-58-5)13-16-45(48)49(44)43-14-11-40(35-46(43)54)52(19-23-59-31-27-55-2)20-24-60-32-28-56-3/h7-16,35-37H,6,17-34,50H2,1-5H3/b49-43-. The average molecular weight is 873 g/mol. The van der Waals surface area contributed by atoms with Crippen LogP contribution in [0.15, 0.2) is 90.2 Å². The third kappa shape index (κ3) is 15.2. The summed E-state index contributed by atoms with van der Waals surface area (Å²) in [6.07, 6.45) is 6.52. The summed E-state index contributed by atoms with van der Waals surface area (Å²) in [6.45, 7) is 12.2. The van der Waals surface area contributed by atoms with Crippen LogP contribution < -0.4 is 20.3 Å². The van der Waals surface area contributed by atoms with E-state index in [1.165, 1.54) is 5.56 Å². The maximum Gasteiger partial charge on any atom is 0.188 e. The first kappa shape index (κ1) is 49.2. The van der Waals surface area contributed by atoms with Gasteiger partial charge < -0.3 is 63.1 Å². The number of nitrogens with two attached hydrogens (primary N) is 1. The SMILES string of the molecule is CCN(CCc1ccc(N)cc1)c1ccc2c(c1)Oc1cc(N(CCOCCOC)CCOCCOC)ccc1/C2=C1/C=CC(N(CCOCCOC)CCOCCOC)=CC1=O. The molecule has 0 atom stereocenters. The highest BCUT2D eigenvalue weighted by Crippen LogP contribution is 2.48. The van der Waals surface area contributed by atoms with E-state index in [1.54, 1.807) is 34.5 Å². The van der Waals surface area contributed by atoms with Gasteiger partial charge in [0, 0.05) is 131 Å². The number of allylic oxidation sites excluding steroid dienone is 4. The van der Waals surface area contributed by atoms with E-state index in [0.29, 0.717) is 123 Å². The van der Waals surface area contributed by atoms with Crippen LogP contribution in [0.25, 0.3) is 5.57 Å². The minimum absolute atomic E-state index is 0.0956. The predicted molar refractivity (Wildman–Crippen MR) is 248 cm³/mol. The second kappa shape index (κ2) is 27.4. The van der Waals surface area contributed by atoms with Crippen LogP contribution in [0.3, 0.4) is 0 Å². The van der Waals surface area contributed by atoms with Gasteiger partial charge in [0.2, 0.25) is 0 Å². The molecule has 0 aromatic heterocycles. The molecule has 2 N–H and O–H groups in total. The van der Waals surface area contributed by atoms with E-state index in [2.05, 4.69) is 70.2 Å². The normalized spacial score (nSPS) is 14.3. The summed E-state index contributed by atoms with van der Waals surface area (Å²) in [5.41, 5.74) is 13.8. The number of methoxy groups -OCH3 is 4. The maximum atomic E-state index is 14.5. The molecule has 344 valence electrons. The number of benzene rings is 3. The number of carbonyl (C=O) groups excluding carboxylic acids is 1. The lowest BCUT2D eigenvalue weighted by molar-refractivity contribution is -0.111. The van der Waals surface area contributed by atoms with Crippen molar-refractivity contribution in [2.45, 2.75) is 13.3 Å². The van der Waals surface area contributed by atoms with Crippen LogP contribution in [0.5, 0.6) is 11.5 Å². The Balaban J connectivity index is 1.49. The summed E-state index contributed by atoms with van der Waals surface area (Å²) in [5, 5.41) is 0. The van der Waals surface area contributed by atoms with Crippen molar-refractivity contribution in [2.75, 3.05) is 163 Å². The minimum atomic E-state index is -0.0956. The molecule has 14 nitrogen and oxygen atoms in total. The van der Waals surface area contributed by atoms with Crippen LogP contribution >= 0.6 is 0 Å². The number of fused-ring (bicyclic) bond motifs is 2. The first-order valence-corrected chi connectivity index (χ1v) is 21.9. The third-order valence-electron chi connectivity index (χ3n) is 10.8. The summed E-state index contributed by atoms with van der Waals surface area (Å²) in [6, 6.07) is 20.5. The fourth-order valence-corrected chi connectivity index (χ4v) is 7.30. The van der Waals surface area contributed by atoms with E-state index in [4.69, 9.17) is 48.4 Å². The molecule has 3 aromatic carbocycles. The molecule has 0 bridgehead atoms. The molecule has 5 rings (SSSR count). The van der Waals surface area contributed by atoms with E-state index >= 15 is 0 Å². The van der Waals surface area contributed by atoms with Crippen LogP contribution in [0.2, 0.25) is 0 Å². The highest BCUT2D eigenvalue weighted by molar-refractivity contribution is 6.16. The van der Waals surface area contributed by atoms with Gasteiger partial charge in [0.15, 0.2) is 5.78 Å². The lowest BCUT2D eigenvalue weighted by atomic mass is 9.86. The number of rotatable bonds is 31. The number of carbonyl (C=O) groups is 1. The Labute approximate surface area is 374 Å². The lowest BCUT2D eigenvalue weighted by Gasteiger charge is -2.31. The predicted octanol–water partition coefficient (Wildman–Crippen LogP) is 6.03. The maximum absolute atomic E-state index is 14.5.